The minimum atomic E-state index is -0.407. The van der Waals surface area contributed by atoms with Crippen molar-refractivity contribution >= 4 is 29.2 Å². The summed E-state index contributed by atoms with van der Waals surface area (Å²) in [7, 11) is 2.07. The van der Waals surface area contributed by atoms with Crippen LogP contribution in [0.2, 0.25) is 0 Å². The van der Waals surface area contributed by atoms with E-state index in [1.54, 1.807) is 36.4 Å². The second-order valence-electron chi connectivity index (χ2n) is 8.56. The Bertz CT molecular complexity index is 1250. The van der Waals surface area contributed by atoms with Crippen molar-refractivity contribution < 1.29 is 18.4 Å². The van der Waals surface area contributed by atoms with Crippen molar-refractivity contribution in [2.24, 2.45) is 0 Å². The van der Waals surface area contributed by atoms with E-state index in [9.17, 15) is 14.0 Å². The Morgan fingerprint density at radius 3 is 2.79 bits per heavy atom. The van der Waals surface area contributed by atoms with Crippen molar-refractivity contribution in [2.75, 3.05) is 25.5 Å². The Morgan fingerprint density at radius 2 is 2.00 bits per heavy atom. The number of amides is 2. The number of benzene rings is 2. The van der Waals surface area contributed by atoms with E-state index < -0.39 is 5.82 Å². The van der Waals surface area contributed by atoms with Crippen LogP contribution in [0.15, 0.2) is 59.0 Å². The highest BCUT2D eigenvalue weighted by Crippen LogP contribution is 2.34. The normalized spacial score (nSPS) is 19.4. The van der Waals surface area contributed by atoms with Gasteiger partial charge in [0.25, 0.3) is 11.8 Å². The zero-order valence-corrected chi connectivity index (χ0v) is 18.2. The first kappa shape index (κ1) is 21.2. The van der Waals surface area contributed by atoms with Crippen LogP contribution in [0, 0.1) is 5.82 Å². The molecule has 0 spiro atoms. The highest BCUT2D eigenvalue weighted by atomic mass is 19.1. The number of furan rings is 1. The van der Waals surface area contributed by atoms with Gasteiger partial charge in [-0.3, -0.25) is 9.59 Å². The second kappa shape index (κ2) is 8.67. The van der Waals surface area contributed by atoms with Crippen LogP contribution in [0.5, 0.6) is 0 Å². The maximum Gasteiger partial charge on any atom is 0.256 e. The minimum absolute atomic E-state index is 0.0788. The van der Waals surface area contributed by atoms with Crippen LogP contribution < -0.4 is 10.6 Å². The third kappa shape index (κ3) is 4.45. The van der Waals surface area contributed by atoms with Gasteiger partial charge in [-0.05, 0) is 75.0 Å². The molecule has 2 N–H and O–H groups in total. The predicted octanol–water partition coefficient (Wildman–Crippen LogP) is 4.40. The van der Waals surface area contributed by atoms with Gasteiger partial charge >= 0.3 is 0 Å². The number of likely N-dealkylation sites (N-methyl/N-ethyl adjacent to an activating group) is 1. The Hall–Kier alpha value is -3.71. The lowest BCUT2D eigenvalue weighted by atomic mass is 10.0. The molecule has 168 valence electrons. The van der Waals surface area contributed by atoms with Crippen molar-refractivity contribution in [1.29, 1.82) is 0 Å². The number of halogens is 1. The largest absolute Gasteiger partial charge is 0.457 e. The molecule has 2 aliphatic heterocycles. The van der Waals surface area contributed by atoms with Gasteiger partial charge in [0.2, 0.25) is 0 Å². The van der Waals surface area contributed by atoms with Gasteiger partial charge < -0.3 is 20.0 Å². The number of anilines is 1. The molecular formula is C26H24FN3O3. The molecule has 1 unspecified atom stereocenters. The van der Waals surface area contributed by atoms with Crippen LogP contribution in [-0.4, -0.2) is 42.9 Å². The Balaban J connectivity index is 1.31. The summed E-state index contributed by atoms with van der Waals surface area (Å²) in [4.78, 5) is 27.1. The van der Waals surface area contributed by atoms with E-state index in [2.05, 4.69) is 22.6 Å². The summed E-state index contributed by atoms with van der Waals surface area (Å²) in [6, 6.07) is 15.1. The molecule has 0 aliphatic carbocycles. The van der Waals surface area contributed by atoms with E-state index in [0.717, 1.165) is 31.5 Å². The van der Waals surface area contributed by atoms with Crippen LogP contribution in [0.1, 0.15) is 34.5 Å². The average Bonchev–Trinajstić information content (AvgIpc) is 3.39. The topological polar surface area (TPSA) is 74.6 Å². The summed E-state index contributed by atoms with van der Waals surface area (Å²) in [5.41, 5.74) is 2.86. The number of carbonyl (C=O) groups excluding carboxylic acids is 2. The van der Waals surface area contributed by atoms with Crippen molar-refractivity contribution in [3.63, 3.8) is 0 Å². The number of fused-ring (bicyclic) bond motifs is 1. The number of likely N-dealkylation sites (tertiary alicyclic amines) is 1. The lowest BCUT2D eigenvalue weighted by Crippen LogP contribution is -2.46. The molecule has 7 heteroatoms. The standard InChI is InChI=1S/C26H24FN3O3/c1-30-12-2-3-19(15-30)28-25(31)17-6-4-16(5-7-17)24-11-9-20(33-24)14-22-21-13-18(27)8-10-23(21)29-26(22)32/h4-11,13-14,19H,2-3,12,15H2,1H3,(H,28,31)(H,29,32). The zero-order valence-electron chi connectivity index (χ0n) is 18.2. The molecule has 1 aromatic heterocycles. The molecule has 3 heterocycles. The van der Waals surface area contributed by atoms with Gasteiger partial charge in [0.05, 0.1) is 5.57 Å². The maximum atomic E-state index is 13.6. The third-order valence-electron chi connectivity index (χ3n) is 6.07. The van der Waals surface area contributed by atoms with E-state index in [-0.39, 0.29) is 17.9 Å². The monoisotopic (exact) mass is 445 g/mol. The first-order valence-corrected chi connectivity index (χ1v) is 11.0. The highest BCUT2D eigenvalue weighted by Gasteiger charge is 2.25. The van der Waals surface area contributed by atoms with E-state index in [1.165, 1.54) is 12.1 Å². The van der Waals surface area contributed by atoms with Gasteiger partial charge in [-0.2, -0.15) is 0 Å². The van der Waals surface area contributed by atoms with Gasteiger partial charge in [0.15, 0.2) is 0 Å². The quantitative estimate of drug-likeness (QED) is 0.584. The number of nitrogens with zero attached hydrogens (tertiary/aromatic N) is 1. The van der Waals surface area contributed by atoms with Crippen LogP contribution in [0.25, 0.3) is 23.0 Å². The molecule has 2 aliphatic rings. The number of piperidine rings is 1. The second-order valence-corrected chi connectivity index (χ2v) is 8.56. The molecule has 0 radical (unpaired) electrons. The molecule has 1 fully saturated rings. The molecule has 2 aromatic carbocycles. The predicted molar refractivity (Wildman–Crippen MR) is 125 cm³/mol. The van der Waals surface area contributed by atoms with E-state index >= 15 is 0 Å². The molecule has 2 amide bonds. The summed E-state index contributed by atoms with van der Waals surface area (Å²) in [6.07, 6.45) is 3.68. The first-order chi connectivity index (χ1) is 16.0. The first-order valence-electron chi connectivity index (χ1n) is 11.0. The van der Waals surface area contributed by atoms with Crippen LogP contribution in [0.3, 0.4) is 0 Å². The lowest BCUT2D eigenvalue weighted by Gasteiger charge is -2.30. The molecule has 6 nitrogen and oxygen atoms in total. The number of hydrogen-bond acceptors (Lipinski definition) is 4. The fourth-order valence-electron chi connectivity index (χ4n) is 4.37. The molecular weight excluding hydrogens is 421 g/mol. The molecule has 1 saturated heterocycles. The van der Waals surface area contributed by atoms with E-state index in [4.69, 9.17) is 4.42 Å². The van der Waals surface area contributed by atoms with Gasteiger partial charge in [0, 0.05) is 35.0 Å². The minimum Gasteiger partial charge on any atom is -0.457 e. The van der Waals surface area contributed by atoms with Crippen molar-refractivity contribution in [2.45, 2.75) is 18.9 Å². The summed E-state index contributed by atoms with van der Waals surface area (Å²) in [5.74, 6) is 0.310. The third-order valence-corrected chi connectivity index (χ3v) is 6.07. The van der Waals surface area contributed by atoms with Crippen LogP contribution in [0.4, 0.5) is 10.1 Å². The fourth-order valence-corrected chi connectivity index (χ4v) is 4.37. The summed E-state index contributed by atoms with van der Waals surface area (Å²) < 4.78 is 19.5. The van der Waals surface area contributed by atoms with E-state index in [0.29, 0.717) is 33.9 Å². The average molecular weight is 445 g/mol. The molecule has 0 saturated carbocycles. The maximum absolute atomic E-state index is 13.6. The number of carbonyl (C=O) groups is 2. The number of rotatable bonds is 4. The molecule has 0 bridgehead atoms. The fraction of sp³-hybridized carbons (Fsp3) is 0.231. The highest BCUT2D eigenvalue weighted by molar-refractivity contribution is 6.34. The van der Waals surface area contributed by atoms with Crippen molar-refractivity contribution in [1.82, 2.24) is 10.2 Å². The van der Waals surface area contributed by atoms with Gasteiger partial charge in [-0.1, -0.05) is 12.1 Å². The van der Waals surface area contributed by atoms with Crippen molar-refractivity contribution in [3.8, 4) is 11.3 Å². The van der Waals surface area contributed by atoms with Gasteiger partial charge in [-0.25, -0.2) is 4.39 Å². The summed E-state index contributed by atoms with van der Waals surface area (Å²) in [5, 5.41) is 5.83. The van der Waals surface area contributed by atoms with E-state index in [1.807, 2.05) is 12.1 Å². The molecule has 33 heavy (non-hydrogen) atoms. The van der Waals surface area contributed by atoms with Crippen LogP contribution >= 0.6 is 0 Å². The molecule has 1 atom stereocenters. The zero-order chi connectivity index (χ0) is 22.9. The van der Waals surface area contributed by atoms with Crippen LogP contribution in [-0.2, 0) is 4.79 Å². The smallest absolute Gasteiger partial charge is 0.256 e. The molecule has 3 aromatic rings. The number of nitrogens with one attached hydrogen (secondary N) is 2. The number of hydrogen-bond donors (Lipinski definition) is 2. The molecule has 5 rings (SSSR count). The van der Waals surface area contributed by atoms with Gasteiger partial charge in [-0.15, -0.1) is 0 Å². The Morgan fingerprint density at radius 1 is 1.18 bits per heavy atom. The Kier molecular flexibility index (Phi) is 5.56. The lowest BCUT2D eigenvalue weighted by molar-refractivity contribution is -0.110. The summed E-state index contributed by atoms with van der Waals surface area (Å²) in [6.45, 7) is 1.93. The Labute approximate surface area is 191 Å². The summed E-state index contributed by atoms with van der Waals surface area (Å²) >= 11 is 0. The SMILES string of the molecule is CN1CCCC(NC(=O)c2ccc(-c3ccc(C=C4C(=O)Nc5ccc(F)cc54)o3)cc2)C1. The van der Waals surface area contributed by atoms with Crippen molar-refractivity contribution in [3.05, 3.63) is 77.3 Å². The van der Waals surface area contributed by atoms with Gasteiger partial charge in [0.1, 0.15) is 17.3 Å².